The molecule has 2 unspecified atom stereocenters. The van der Waals surface area contributed by atoms with Gasteiger partial charge in [-0.2, -0.15) is 0 Å². The van der Waals surface area contributed by atoms with Crippen molar-refractivity contribution in [2.45, 2.75) is 59.4 Å². The van der Waals surface area contributed by atoms with Gasteiger partial charge >= 0.3 is 5.97 Å². The third-order valence-corrected chi connectivity index (χ3v) is 3.64. The molecule has 2 atom stereocenters. The maximum atomic E-state index is 12.2. The van der Waals surface area contributed by atoms with E-state index < -0.39 is 0 Å². The predicted octanol–water partition coefficient (Wildman–Crippen LogP) is 3.66. The molecular formula is C18H27NO3. The first-order valence-electron chi connectivity index (χ1n) is 7.92. The maximum absolute atomic E-state index is 12.2. The molecule has 1 aromatic carbocycles. The van der Waals surface area contributed by atoms with Crippen molar-refractivity contribution in [3.05, 3.63) is 29.8 Å². The summed E-state index contributed by atoms with van der Waals surface area (Å²) in [5.41, 5.74) is 1.15. The first-order chi connectivity index (χ1) is 10.3. The van der Waals surface area contributed by atoms with Gasteiger partial charge in [0.2, 0.25) is 5.91 Å². The molecule has 1 N–H and O–H groups in total. The molecule has 22 heavy (non-hydrogen) atoms. The number of rotatable bonds is 7. The van der Waals surface area contributed by atoms with Crippen molar-refractivity contribution in [2.75, 3.05) is 0 Å². The zero-order valence-electron chi connectivity index (χ0n) is 14.2. The number of esters is 1. The number of nitrogens with one attached hydrogen (secondary N) is 1. The molecule has 4 heteroatoms. The van der Waals surface area contributed by atoms with Crippen LogP contribution in [0.1, 0.15) is 58.9 Å². The zero-order valence-corrected chi connectivity index (χ0v) is 14.2. The van der Waals surface area contributed by atoms with E-state index in [9.17, 15) is 9.59 Å². The van der Waals surface area contributed by atoms with Gasteiger partial charge < -0.3 is 10.1 Å². The van der Waals surface area contributed by atoms with E-state index in [1.54, 1.807) is 12.1 Å². The van der Waals surface area contributed by atoms with Crippen molar-refractivity contribution in [3.8, 4) is 5.75 Å². The van der Waals surface area contributed by atoms with Crippen molar-refractivity contribution < 1.29 is 14.3 Å². The molecule has 0 saturated heterocycles. The molecule has 0 fully saturated rings. The van der Waals surface area contributed by atoms with E-state index >= 15 is 0 Å². The molecule has 0 bridgehead atoms. The Morgan fingerprint density at radius 1 is 1.14 bits per heavy atom. The Bertz CT molecular complexity index is 494. The molecule has 0 saturated carbocycles. The molecule has 1 rings (SSSR count). The lowest BCUT2D eigenvalue weighted by atomic mass is 9.88. The summed E-state index contributed by atoms with van der Waals surface area (Å²) in [5, 5.41) is 2.98. The van der Waals surface area contributed by atoms with Gasteiger partial charge in [0.05, 0.1) is 0 Å². The van der Waals surface area contributed by atoms with Crippen molar-refractivity contribution in [1.29, 1.82) is 0 Å². The van der Waals surface area contributed by atoms with Crippen LogP contribution in [0.4, 0.5) is 0 Å². The average Bonchev–Trinajstić information content (AvgIpc) is 2.43. The van der Waals surface area contributed by atoms with Crippen molar-refractivity contribution in [3.63, 3.8) is 0 Å². The number of amides is 1. The summed E-state index contributed by atoms with van der Waals surface area (Å²) in [6.07, 6.45) is 1.64. The van der Waals surface area contributed by atoms with E-state index in [0.29, 0.717) is 5.75 Å². The van der Waals surface area contributed by atoms with Crippen LogP contribution in [-0.4, -0.2) is 17.9 Å². The molecule has 0 spiro atoms. The number of hydrogen-bond donors (Lipinski definition) is 1. The van der Waals surface area contributed by atoms with Crippen LogP contribution in [0.5, 0.6) is 5.75 Å². The molecule has 0 aromatic heterocycles. The summed E-state index contributed by atoms with van der Waals surface area (Å²) < 4.78 is 5.03. The molecule has 0 radical (unpaired) electrons. The fourth-order valence-electron chi connectivity index (χ4n) is 2.45. The molecule has 122 valence electrons. The Morgan fingerprint density at radius 3 is 2.18 bits per heavy atom. The minimum absolute atomic E-state index is 0.0190. The second-order valence-electron chi connectivity index (χ2n) is 6.07. The van der Waals surface area contributed by atoms with Gasteiger partial charge in [-0.15, -0.1) is 0 Å². The van der Waals surface area contributed by atoms with Crippen molar-refractivity contribution >= 4 is 11.9 Å². The summed E-state index contributed by atoms with van der Waals surface area (Å²) >= 11 is 0. The molecule has 1 amide bonds. The fraction of sp³-hybridized carbons (Fsp3) is 0.556. The highest BCUT2D eigenvalue weighted by atomic mass is 16.5. The van der Waals surface area contributed by atoms with Gasteiger partial charge in [0.1, 0.15) is 5.75 Å². The van der Waals surface area contributed by atoms with E-state index in [0.717, 1.165) is 18.4 Å². The SMILES string of the molecule is CCC(CC(C)c1ccc(OC(C)=O)cc1)C(=O)NC(C)C. The van der Waals surface area contributed by atoms with Crippen molar-refractivity contribution in [2.24, 2.45) is 5.92 Å². The van der Waals surface area contributed by atoms with Crippen molar-refractivity contribution in [1.82, 2.24) is 5.32 Å². The van der Waals surface area contributed by atoms with Crippen LogP contribution in [0, 0.1) is 5.92 Å². The fourth-order valence-corrected chi connectivity index (χ4v) is 2.45. The summed E-state index contributed by atoms with van der Waals surface area (Å²) in [6, 6.07) is 7.66. The first-order valence-corrected chi connectivity index (χ1v) is 7.92. The second-order valence-corrected chi connectivity index (χ2v) is 6.07. The molecule has 0 aliphatic heterocycles. The highest BCUT2D eigenvalue weighted by molar-refractivity contribution is 5.78. The Hall–Kier alpha value is -1.84. The molecule has 4 nitrogen and oxygen atoms in total. The van der Waals surface area contributed by atoms with Gasteiger partial charge in [0, 0.05) is 18.9 Å². The lowest BCUT2D eigenvalue weighted by molar-refractivity contribution is -0.132. The number of carbonyl (C=O) groups is 2. The number of benzene rings is 1. The molecule has 0 aliphatic carbocycles. The van der Waals surface area contributed by atoms with Crippen LogP contribution in [0.25, 0.3) is 0 Å². The zero-order chi connectivity index (χ0) is 16.7. The van der Waals surface area contributed by atoms with Gasteiger partial charge in [0.25, 0.3) is 0 Å². The molecule has 1 aromatic rings. The highest BCUT2D eigenvalue weighted by Crippen LogP contribution is 2.27. The minimum Gasteiger partial charge on any atom is -0.427 e. The molecular weight excluding hydrogens is 278 g/mol. The van der Waals surface area contributed by atoms with E-state index in [1.165, 1.54) is 6.92 Å². The monoisotopic (exact) mass is 305 g/mol. The minimum atomic E-state index is -0.322. The molecule has 0 heterocycles. The molecule has 0 aliphatic rings. The van der Waals surface area contributed by atoms with E-state index in [4.69, 9.17) is 4.74 Å². The predicted molar refractivity (Wildman–Crippen MR) is 87.8 cm³/mol. The van der Waals surface area contributed by atoms with Gasteiger partial charge in [0.15, 0.2) is 0 Å². The standard InChI is InChI=1S/C18H27NO3/c1-6-15(18(21)19-12(2)3)11-13(4)16-7-9-17(10-8-16)22-14(5)20/h7-10,12-13,15H,6,11H2,1-5H3,(H,19,21). The number of ether oxygens (including phenoxy) is 1. The largest absolute Gasteiger partial charge is 0.427 e. The Labute approximate surface area is 133 Å². The van der Waals surface area contributed by atoms with Crippen LogP contribution in [-0.2, 0) is 9.59 Å². The van der Waals surface area contributed by atoms with E-state index in [1.807, 2.05) is 32.9 Å². The van der Waals surface area contributed by atoms with E-state index in [-0.39, 0.29) is 29.8 Å². The summed E-state index contributed by atoms with van der Waals surface area (Å²) in [5.74, 6) is 0.644. The lowest BCUT2D eigenvalue weighted by Gasteiger charge is -2.21. The topological polar surface area (TPSA) is 55.4 Å². The van der Waals surface area contributed by atoms with Gasteiger partial charge in [-0.25, -0.2) is 0 Å². The van der Waals surface area contributed by atoms with Gasteiger partial charge in [-0.1, -0.05) is 26.0 Å². The van der Waals surface area contributed by atoms with Gasteiger partial charge in [-0.05, 0) is 50.3 Å². The summed E-state index contributed by atoms with van der Waals surface area (Å²) in [4.78, 5) is 23.1. The van der Waals surface area contributed by atoms with Crippen LogP contribution >= 0.6 is 0 Å². The van der Waals surface area contributed by atoms with Crippen LogP contribution < -0.4 is 10.1 Å². The maximum Gasteiger partial charge on any atom is 0.308 e. The summed E-state index contributed by atoms with van der Waals surface area (Å²) in [6.45, 7) is 9.49. The third-order valence-electron chi connectivity index (χ3n) is 3.64. The summed E-state index contributed by atoms with van der Waals surface area (Å²) in [7, 11) is 0. The quantitative estimate of drug-likeness (QED) is 0.618. The Morgan fingerprint density at radius 2 is 1.73 bits per heavy atom. The third kappa shape index (κ3) is 5.88. The first kappa shape index (κ1) is 18.2. The van der Waals surface area contributed by atoms with Crippen LogP contribution in [0.2, 0.25) is 0 Å². The van der Waals surface area contributed by atoms with Crippen LogP contribution in [0.15, 0.2) is 24.3 Å². The lowest BCUT2D eigenvalue weighted by Crippen LogP contribution is -2.35. The van der Waals surface area contributed by atoms with E-state index in [2.05, 4.69) is 12.2 Å². The highest BCUT2D eigenvalue weighted by Gasteiger charge is 2.20. The number of carbonyl (C=O) groups excluding carboxylic acids is 2. The average molecular weight is 305 g/mol. The Balaban J connectivity index is 2.68. The number of hydrogen-bond acceptors (Lipinski definition) is 3. The van der Waals surface area contributed by atoms with Gasteiger partial charge in [-0.3, -0.25) is 9.59 Å². The Kier molecular flexibility index (Phi) is 7.09. The second kappa shape index (κ2) is 8.57. The smallest absolute Gasteiger partial charge is 0.308 e. The normalized spacial score (nSPS) is 13.5. The van der Waals surface area contributed by atoms with Crippen LogP contribution in [0.3, 0.4) is 0 Å².